The number of hydrogen-bond donors (Lipinski definition) is 2. The van der Waals surface area contributed by atoms with E-state index in [2.05, 4.69) is 32.4 Å². The summed E-state index contributed by atoms with van der Waals surface area (Å²) >= 11 is 0. The lowest BCUT2D eigenvalue weighted by atomic mass is 10.1. The fourth-order valence-electron chi connectivity index (χ4n) is 3.49. The molecule has 180 valence electrons. The number of likely N-dealkylation sites (N-methyl/N-ethyl adjacent to an activating group) is 1. The van der Waals surface area contributed by atoms with Crippen LogP contribution in [0, 0.1) is 17.7 Å². The number of rotatable bonds is 4. The zero-order valence-electron chi connectivity index (χ0n) is 19.4. The number of nitrogens with zero attached hydrogens (tertiary/aromatic N) is 4. The molecule has 2 aromatic rings. The fourth-order valence-corrected chi connectivity index (χ4v) is 3.49. The van der Waals surface area contributed by atoms with Crippen LogP contribution in [0.4, 0.5) is 10.1 Å². The fraction of sp³-hybridized carbons (Fsp3) is 0.320. The molecular weight excluding hydrogens is 453 g/mol. The Morgan fingerprint density at radius 2 is 2.09 bits per heavy atom. The molecule has 2 atom stereocenters. The van der Waals surface area contributed by atoms with Gasteiger partial charge in [-0.3, -0.25) is 9.59 Å². The van der Waals surface area contributed by atoms with Crippen LogP contribution >= 0.6 is 0 Å². The number of azo groups is 1. The van der Waals surface area contributed by atoms with Crippen molar-refractivity contribution in [2.45, 2.75) is 38.1 Å². The van der Waals surface area contributed by atoms with E-state index >= 15 is 0 Å². The molecule has 2 N–H and O–H groups in total. The molecule has 0 spiro atoms. The van der Waals surface area contributed by atoms with Gasteiger partial charge in [0.1, 0.15) is 29.8 Å². The highest BCUT2D eigenvalue weighted by molar-refractivity contribution is 6.38. The van der Waals surface area contributed by atoms with Crippen molar-refractivity contribution in [1.29, 1.82) is 0 Å². The topological polar surface area (TPSA) is 116 Å². The SMILES string of the molecule is CN1C(=O)[C@@H](NC(=O)C2=NC(Cc3ccccc3F)N=N2)COc2ccc(C#CC(C)(C)O)cc21. The van der Waals surface area contributed by atoms with Gasteiger partial charge in [0, 0.05) is 19.0 Å². The average molecular weight is 477 g/mol. The van der Waals surface area contributed by atoms with Gasteiger partial charge >= 0.3 is 0 Å². The zero-order chi connectivity index (χ0) is 25.2. The minimum absolute atomic E-state index is 0.0975. The van der Waals surface area contributed by atoms with Crippen molar-refractivity contribution in [3.63, 3.8) is 0 Å². The molecule has 2 amide bonds. The van der Waals surface area contributed by atoms with Gasteiger partial charge in [-0.2, -0.15) is 5.11 Å². The van der Waals surface area contributed by atoms with Gasteiger partial charge in [-0.1, -0.05) is 30.0 Å². The molecular formula is C25H24FN5O4. The van der Waals surface area contributed by atoms with Crippen molar-refractivity contribution >= 4 is 23.3 Å². The summed E-state index contributed by atoms with van der Waals surface area (Å²) in [6, 6.07) is 10.3. The number of halogens is 1. The number of hydrogen-bond acceptors (Lipinski definition) is 7. The molecule has 10 heteroatoms. The van der Waals surface area contributed by atoms with Crippen molar-refractivity contribution < 1.29 is 23.8 Å². The van der Waals surface area contributed by atoms with Crippen LogP contribution in [0.25, 0.3) is 0 Å². The van der Waals surface area contributed by atoms with Crippen LogP contribution in [0.15, 0.2) is 57.7 Å². The maximum Gasteiger partial charge on any atom is 0.291 e. The molecule has 2 heterocycles. The molecule has 0 aliphatic carbocycles. The summed E-state index contributed by atoms with van der Waals surface area (Å²) in [5.74, 6) is 4.40. The molecule has 2 aliphatic heterocycles. The summed E-state index contributed by atoms with van der Waals surface area (Å²) < 4.78 is 19.7. The van der Waals surface area contributed by atoms with Gasteiger partial charge in [0.2, 0.25) is 5.84 Å². The smallest absolute Gasteiger partial charge is 0.291 e. The summed E-state index contributed by atoms with van der Waals surface area (Å²) in [7, 11) is 1.57. The molecule has 35 heavy (non-hydrogen) atoms. The lowest BCUT2D eigenvalue weighted by Crippen LogP contribution is -2.50. The molecule has 0 radical (unpaired) electrons. The maximum absolute atomic E-state index is 13.9. The van der Waals surface area contributed by atoms with E-state index in [1.807, 2.05) is 0 Å². The molecule has 2 aliphatic rings. The van der Waals surface area contributed by atoms with Crippen molar-refractivity contribution in [2.75, 3.05) is 18.6 Å². The Bertz CT molecular complexity index is 1290. The zero-order valence-corrected chi connectivity index (χ0v) is 19.4. The third-order valence-corrected chi connectivity index (χ3v) is 5.29. The second-order valence-electron chi connectivity index (χ2n) is 8.67. The number of nitrogens with one attached hydrogen (secondary N) is 1. The highest BCUT2D eigenvalue weighted by Crippen LogP contribution is 2.31. The third kappa shape index (κ3) is 5.70. The first-order valence-electron chi connectivity index (χ1n) is 10.9. The Balaban J connectivity index is 1.44. The summed E-state index contributed by atoms with van der Waals surface area (Å²) in [5, 5.41) is 20.2. The highest BCUT2D eigenvalue weighted by Gasteiger charge is 2.32. The number of fused-ring (bicyclic) bond motifs is 1. The Morgan fingerprint density at radius 1 is 1.31 bits per heavy atom. The Hall–Kier alpha value is -4.10. The monoisotopic (exact) mass is 477 g/mol. The van der Waals surface area contributed by atoms with E-state index in [9.17, 15) is 19.1 Å². The molecule has 4 rings (SSSR count). The van der Waals surface area contributed by atoms with Gasteiger partial charge in [-0.05, 0) is 43.7 Å². The van der Waals surface area contributed by atoms with Crippen LogP contribution < -0.4 is 15.0 Å². The van der Waals surface area contributed by atoms with Gasteiger partial charge < -0.3 is 20.1 Å². The van der Waals surface area contributed by atoms with E-state index < -0.39 is 29.6 Å². The molecule has 0 bridgehead atoms. The number of aliphatic imine (C=N–C) groups is 1. The van der Waals surface area contributed by atoms with Crippen molar-refractivity contribution in [3.05, 3.63) is 59.4 Å². The molecule has 0 fully saturated rings. The lowest BCUT2D eigenvalue weighted by molar-refractivity contribution is -0.124. The first kappa shape index (κ1) is 24.0. The summed E-state index contributed by atoms with van der Waals surface area (Å²) in [4.78, 5) is 31.3. The summed E-state index contributed by atoms with van der Waals surface area (Å²) in [6.45, 7) is 3.05. The maximum atomic E-state index is 13.9. The highest BCUT2D eigenvalue weighted by atomic mass is 19.1. The number of carbonyl (C=O) groups excluding carboxylic acids is 2. The summed E-state index contributed by atoms with van der Waals surface area (Å²) in [5.41, 5.74) is 0.338. The molecule has 2 aromatic carbocycles. The van der Waals surface area contributed by atoms with E-state index in [0.29, 0.717) is 22.6 Å². The van der Waals surface area contributed by atoms with Crippen LogP contribution in [-0.4, -0.2) is 54.2 Å². The van der Waals surface area contributed by atoms with Gasteiger partial charge in [0.25, 0.3) is 11.8 Å². The first-order chi connectivity index (χ1) is 16.6. The lowest BCUT2D eigenvalue weighted by Gasteiger charge is -2.20. The van der Waals surface area contributed by atoms with E-state index in [1.54, 1.807) is 57.3 Å². The number of carbonyl (C=O) groups is 2. The second-order valence-corrected chi connectivity index (χ2v) is 8.67. The molecule has 0 saturated heterocycles. The van der Waals surface area contributed by atoms with Gasteiger partial charge in [-0.25, -0.2) is 9.38 Å². The standard InChI is InChI=1S/C25H24FN5O4/c1-25(2,34)11-10-15-8-9-20-19(12-15)31(3)24(33)18(14-35-20)27-23(32)22-28-21(29-30-22)13-16-6-4-5-7-17(16)26/h4-9,12,18,21,34H,13-14H2,1-3H3,(H,27,32)/t18-,21?/m0/s1. The minimum Gasteiger partial charge on any atom is -0.489 e. The number of benzene rings is 2. The Morgan fingerprint density at radius 3 is 2.83 bits per heavy atom. The van der Waals surface area contributed by atoms with E-state index in [1.165, 1.54) is 11.0 Å². The normalized spacial score (nSPS) is 19.2. The van der Waals surface area contributed by atoms with Crippen LogP contribution in [0.1, 0.15) is 25.0 Å². The van der Waals surface area contributed by atoms with E-state index in [0.717, 1.165) is 0 Å². The predicted octanol–water partition coefficient (Wildman–Crippen LogP) is 2.22. The van der Waals surface area contributed by atoms with E-state index in [-0.39, 0.29) is 24.7 Å². The van der Waals surface area contributed by atoms with Crippen LogP contribution in [-0.2, 0) is 16.0 Å². The molecule has 0 aromatic heterocycles. The average Bonchev–Trinajstić information content (AvgIpc) is 3.25. The molecule has 0 saturated carbocycles. The quantitative estimate of drug-likeness (QED) is 0.657. The number of ether oxygens (including phenoxy) is 1. The van der Waals surface area contributed by atoms with Crippen LogP contribution in [0.2, 0.25) is 0 Å². The minimum atomic E-state index is -1.16. The number of amides is 2. The van der Waals surface area contributed by atoms with E-state index in [4.69, 9.17) is 4.74 Å². The van der Waals surface area contributed by atoms with Gasteiger partial charge in [0.15, 0.2) is 6.17 Å². The summed E-state index contributed by atoms with van der Waals surface area (Å²) in [6.07, 6.45) is -0.557. The molecule has 9 nitrogen and oxygen atoms in total. The number of aliphatic hydroxyl groups is 1. The van der Waals surface area contributed by atoms with Gasteiger partial charge in [-0.15, -0.1) is 5.11 Å². The number of amidine groups is 1. The Kier molecular flexibility index (Phi) is 6.62. The largest absolute Gasteiger partial charge is 0.489 e. The first-order valence-corrected chi connectivity index (χ1v) is 10.9. The van der Waals surface area contributed by atoms with Crippen molar-refractivity contribution in [2.24, 2.45) is 15.2 Å². The van der Waals surface area contributed by atoms with Crippen LogP contribution in [0.3, 0.4) is 0 Å². The number of anilines is 1. The third-order valence-electron chi connectivity index (χ3n) is 5.29. The Labute approximate surface area is 201 Å². The van der Waals surface area contributed by atoms with Crippen molar-refractivity contribution in [3.8, 4) is 17.6 Å². The predicted molar refractivity (Wildman–Crippen MR) is 127 cm³/mol. The molecule has 1 unspecified atom stereocenters. The van der Waals surface area contributed by atoms with Crippen molar-refractivity contribution in [1.82, 2.24) is 5.32 Å². The van der Waals surface area contributed by atoms with Gasteiger partial charge in [0.05, 0.1) is 5.69 Å². The van der Waals surface area contributed by atoms with Crippen LogP contribution in [0.5, 0.6) is 5.75 Å². The second kappa shape index (κ2) is 9.64.